The zero-order valence-corrected chi connectivity index (χ0v) is 12.8. The van der Waals surface area contributed by atoms with Gasteiger partial charge in [0, 0.05) is 37.0 Å². The third kappa shape index (κ3) is 4.68. The van der Waals surface area contributed by atoms with Crippen LogP contribution in [0.5, 0.6) is 0 Å². The molecule has 21 heavy (non-hydrogen) atoms. The molecule has 0 radical (unpaired) electrons. The summed E-state index contributed by atoms with van der Waals surface area (Å²) in [5.74, 6) is 0. The van der Waals surface area contributed by atoms with Gasteiger partial charge in [0.25, 0.3) is 0 Å². The molecule has 2 rings (SSSR count). The molecule has 0 saturated carbocycles. The first-order valence-electron chi connectivity index (χ1n) is 6.61. The zero-order valence-electron chi connectivity index (χ0n) is 12.1. The lowest BCUT2D eigenvalue weighted by molar-refractivity contribution is 0.251. The summed E-state index contributed by atoms with van der Waals surface area (Å²) in [4.78, 5) is 13.8. The molecular formula is C16H18ClN3O. The minimum absolute atomic E-state index is 0.243. The number of benzene rings is 2. The Hall–Kier alpha value is -2.20. The lowest BCUT2D eigenvalue weighted by atomic mass is 10.2. The van der Waals surface area contributed by atoms with E-state index in [2.05, 4.69) is 10.6 Å². The minimum Gasteiger partial charge on any atom is -0.378 e. The van der Waals surface area contributed by atoms with Gasteiger partial charge >= 0.3 is 6.03 Å². The first-order chi connectivity index (χ1) is 10.0. The molecule has 2 amide bonds. The van der Waals surface area contributed by atoms with Crippen LogP contribution in [-0.2, 0) is 6.54 Å². The molecule has 0 fully saturated rings. The molecule has 0 saturated heterocycles. The summed E-state index contributed by atoms with van der Waals surface area (Å²) in [5, 5.41) is 6.25. The first-order valence-corrected chi connectivity index (χ1v) is 6.99. The van der Waals surface area contributed by atoms with Gasteiger partial charge in [0.15, 0.2) is 0 Å². The van der Waals surface area contributed by atoms with Gasteiger partial charge in [-0.2, -0.15) is 0 Å². The third-order valence-electron chi connectivity index (χ3n) is 2.98. The number of carbonyl (C=O) groups excluding carboxylic acids is 1. The standard InChI is InChI=1S/C16H18ClN3O/c1-20(2)15-8-6-14(7-9-15)19-16(21)18-11-12-4-3-5-13(17)10-12/h3-10H,11H2,1-2H3,(H2,18,19,21). The zero-order chi connectivity index (χ0) is 15.2. The highest BCUT2D eigenvalue weighted by Gasteiger charge is 2.02. The molecule has 4 nitrogen and oxygen atoms in total. The van der Waals surface area contributed by atoms with Gasteiger partial charge in [-0.1, -0.05) is 23.7 Å². The number of nitrogens with zero attached hydrogens (tertiary/aromatic N) is 1. The molecule has 0 unspecified atom stereocenters. The molecule has 2 aromatic rings. The Kier molecular flexibility index (Phi) is 5.06. The van der Waals surface area contributed by atoms with Gasteiger partial charge < -0.3 is 15.5 Å². The lowest BCUT2D eigenvalue weighted by Gasteiger charge is -2.13. The van der Waals surface area contributed by atoms with Crippen molar-refractivity contribution >= 4 is 29.0 Å². The van der Waals surface area contributed by atoms with E-state index >= 15 is 0 Å². The van der Waals surface area contributed by atoms with E-state index < -0.39 is 0 Å². The highest BCUT2D eigenvalue weighted by molar-refractivity contribution is 6.30. The number of urea groups is 1. The Morgan fingerprint density at radius 3 is 2.48 bits per heavy atom. The van der Waals surface area contributed by atoms with Crippen LogP contribution in [0.15, 0.2) is 48.5 Å². The quantitative estimate of drug-likeness (QED) is 0.904. The molecule has 2 N–H and O–H groups in total. The van der Waals surface area contributed by atoms with Crippen LogP contribution in [0.25, 0.3) is 0 Å². The van der Waals surface area contributed by atoms with Crippen molar-refractivity contribution in [3.63, 3.8) is 0 Å². The van der Waals surface area contributed by atoms with Crippen molar-refractivity contribution in [3.05, 3.63) is 59.1 Å². The van der Waals surface area contributed by atoms with Gasteiger partial charge in [0.2, 0.25) is 0 Å². The second kappa shape index (κ2) is 6.99. The molecule has 0 aliphatic carbocycles. The predicted octanol–water partition coefficient (Wildman–Crippen LogP) is 3.73. The van der Waals surface area contributed by atoms with E-state index in [1.165, 1.54) is 0 Å². The van der Waals surface area contributed by atoms with Crippen molar-refractivity contribution in [2.45, 2.75) is 6.54 Å². The number of hydrogen-bond donors (Lipinski definition) is 2. The van der Waals surface area contributed by atoms with Gasteiger partial charge in [-0.25, -0.2) is 4.79 Å². The number of amides is 2. The average molecular weight is 304 g/mol. The molecular weight excluding hydrogens is 286 g/mol. The van der Waals surface area contributed by atoms with Crippen LogP contribution in [0.2, 0.25) is 5.02 Å². The van der Waals surface area contributed by atoms with Crippen molar-refractivity contribution in [2.24, 2.45) is 0 Å². The molecule has 2 aromatic carbocycles. The fraction of sp³-hybridized carbons (Fsp3) is 0.188. The maximum Gasteiger partial charge on any atom is 0.319 e. The van der Waals surface area contributed by atoms with Gasteiger partial charge in [-0.3, -0.25) is 0 Å². The maximum atomic E-state index is 11.8. The van der Waals surface area contributed by atoms with E-state index in [4.69, 9.17) is 11.6 Å². The fourth-order valence-corrected chi connectivity index (χ4v) is 2.06. The molecule has 0 aliphatic rings. The van der Waals surface area contributed by atoms with E-state index in [0.29, 0.717) is 11.6 Å². The Labute approximate surface area is 129 Å². The topological polar surface area (TPSA) is 44.4 Å². The number of nitrogens with one attached hydrogen (secondary N) is 2. The van der Waals surface area contributed by atoms with Crippen LogP contribution >= 0.6 is 11.6 Å². The Morgan fingerprint density at radius 2 is 1.86 bits per heavy atom. The first kappa shape index (κ1) is 15.2. The van der Waals surface area contributed by atoms with Gasteiger partial charge in [0.05, 0.1) is 0 Å². The van der Waals surface area contributed by atoms with E-state index in [9.17, 15) is 4.79 Å². The Morgan fingerprint density at radius 1 is 1.14 bits per heavy atom. The van der Waals surface area contributed by atoms with Gasteiger partial charge in [0.1, 0.15) is 0 Å². The molecule has 5 heteroatoms. The average Bonchev–Trinajstić information content (AvgIpc) is 2.46. The molecule has 0 aromatic heterocycles. The second-order valence-electron chi connectivity index (χ2n) is 4.88. The summed E-state index contributed by atoms with van der Waals surface area (Å²) in [6.45, 7) is 0.433. The van der Waals surface area contributed by atoms with Crippen molar-refractivity contribution in [1.82, 2.24) is 5.32 Å². The van der Waals surface area contributed by atoms with Crippen LogP contribution in [0.4, 0.5) is 16.2 Å². The largest absolute Gasteiger partial charge is 0.378 e. The fourth-order valence-electron chi connectivity index (χ4n) is 1.85. The van der Waals surface area contributed by atoms with E-state index in [1.54, 1.807) is 6.07 Å². The van der Waals surface area contributed by atoms with Gasteiger partial charge in [-0.15, -0.1) is 0 Å². The molecule has 0 bridgehead atoms. The van der Waals surface area contributed by atoms with E-state index in [-0.39, 0.29) is 6.03 Å². The van der Waals surface area contributed by atoms with Crippen LogP contribution in [0, 0.1) is 0 Å². The normalized spacial score (nSPS) is 10.0. The SMILES string of the molecule is CN(C)c1ccc(NC(=O)NCc2cccc(Cl)c2)cc1. The Bertz CT molecular complexity index is 611. The predicted molar refractivity (Wildman–Crippen MR) is 88.1 cm³/mol. The molecule has 0 atom stereocenters. The number of anilines is 2. The maximum absolute atomic E-state index is 11.8. The summed E-state index contributed by atoms with van der Waals surface area (Å²) in [7, 11) is 3.94. The van der Waals surface area contributed by atoms with E-state index in [0.717, 1.165) is 16.9 Å². The highest BCUT2D eigenvalue weighted by atomic mass is 35.5. The van der Waals surface area contributed by atoms with Crippen molar-refractivity contribution in [2.75, 3.05) is 24.3 Å². The molecule has 0 aliphatic heterocycles. The third-order valence-corrected chi connectivity index (χ3v) is 3.22. The Balaban J connectivity index is 1.87. The summed E-state index contributed by atoms with van der Waals surface area (Å²) in [5.41, 5.74) is 2.80. The van der Waals surface area contributed by atoms with E-state index in [1.807, 2.05) is 61.5 Å². The van der Waals surface area contributed by atoms with Gasteiger partial charge in [-0.05, 0) is 42.0 Å². The monoisotopic (exact) mass is 303 g/mol. The minimum atomic E-state index is -0.243. The highest BCUT2D eigenvalue weighted by Crippen LogP contribution is 2.15. The summed E-state index contributed by atoms with van der Waals surface area (Å²) in [6.07, 6.45) is 0. The van der Waals surface area contributed by atoms with Crippen LogP contribution < -0.4 is 15.5 Å². The smallest absolute Gasteiger partial charge is 0.319 e. The number of carbonyl (C=O) groups is 1. The summed E-state index contributed by atoms with van der Waals surface area (Å²) < 4.78 is 0. The van der Waals surface area contributed by atoms with Crippen molar-refractivity contribution in [3.8, 4) is 0 Å². The second-order valence-corrected chi connectivity index (χ2v) is 5.32. The van der Waals surface area contributed by atoms with Crippen LogP contribution in [0.1, 0.15) is 5.56 Å². The molecule has 0 spiro atoms. The number of hydrogen-bond acceptors (Lipinski definition) is 2. The van der Waals surface area contributed by atoms with Crippen molar-refractivity contribution in [1.29, 1.82) is 0 Å². The summed E-state index contributed by atoms with van der Waals surface area (Å²) >= 11 is 5.90. The summed E-state index contributed by atoms with van der Waals surface area (Å²) in [6, 6.07) is 14.8. The van der Waals surface area contributed by atoms with Crippen LogP contribution in [-0.4, -0.2) is 20.1 Å². The number of rotatable bonds is 4. The molecule has 110 valence electrons. The van der Waals surface area contributed by atoms with Crippen molar-refractivity contribution < 1.29 is 4.79 Å². The molecule has 0 heterocycles. The van der Waals surface area contributed by atoms with Crippen LogP contribution in [0.3, 0.4) is 0 Å². The number of halogens is 1. The lowest BCUT2D eigenvalue weighted by Crippen LogP contribution is -2.28.